The van der Waals surface area contributed by atoms with E-state index >= 15 is 0 Å². The Labute approximate surface area is 172 Å². The molecular weight excluding hydrogens is 374 g/mol. The lowest BCUT2D eigenvalue weighted by atomic mass is 9.84. The Kier molecular flexibility index (Phi) is 8.73. The zero-order valence-corrected chi connectivity index (χ0v) is 17.8. The highest BCUT2D eigenvalue weighted by Gasteiger charge is 2.38. The van der Waals surface area contributed by atoms with Gasteiger partial charge in [0.2, 0.25) is 17.8 Å². The van der Waals surface area contributed by atoms with E-state index in [2.05, 4.69) is 39.8 Å². The summed E-state index contributed by atoms with van der Waals surface area (Å²) in [7, 11) is 1.74. The van der Waals surface area contributed by atoms with Gasteiger partial charge in [0.15, 0.2) is 0 Å². The molecule has 0 bridgehead atoms. The fraction of sp³-hybridized carbons (Fsp3) is 0.800. The number of aliphatic hydroxyl groups excluding tert-OH is 2. The van der Waals surface area contributed by atoms with E-state index in [0.717, 1.165) is 19.3 Å². The van der Waals surface area contributed by atoms with Crippen molar-refractivity contribution in [3.63, 3.8) is 0 Å². The van der Waals surface area contributed by atoms with E-state index < -0.39 is 18.1 Å². The normalized spacial score (nSPS) is 24.7. The van der Waals surface area contributed by atoms with Crippen molar-refractivity contribution in [1.29, 1.82) is 0 Å². The largest absolute Gasteiger partial charge is 0.391 e. The van der Waals surface area contributed by atoms with Crippen molar-refractivity contribution < 1.29 is 19.8 Å². The van der Waals surface area contributed by atoms with Crippen LogP contribution in [0.4, 0.5) is 0 Å². The van der Waals surface area contributed by atoms with Gasteiger partial charge < -0.3 is 15.5 Å². The molecule has 164 valence electrons. The zero-order valence-electron chi connectivity index (χ0n) is 17.8. The van der Waals surface area contributed by atoms with Crippen LogP contribution in [0.25, 0.3) is 0 Å². The molecule has 0 aromatic carbocycles. The summed E-state index contributed by atoms with van der Waals surface area (Å²) in [5.74, 6) is -0.348. The maximum Gasteiger partial charge on any atom is 0.243 e. The van der Waals surface area contributed by atoms with Crippen LogP contribution < -0.4 is 16.0 Å². The van der Waals surface area contributed by atoms with Gasteiger partial charge in [0, 0.05) is 12.5 Å². The van der Waals surface area contributed by atoms with Crippen LogP contribution in [0.15, 0.2) is 9.98 Å². The first-order valence-corrected chi connectivity index (χ1v) is 10.5. The summed E-state index contributed by atoms with van der Waals surface area (Å²) in [6.07, 6.45) is 2.38. The van der Waals surface area contributed by atoms with E-state index in [1.165, 1.54) is 6.92 Å². The average Bonchev–Trinajstić information content (AvgIpc) is 2.66. The SMILES string of the molecule is CNC(CCCCC(C)C)C(=O)NC1=NC2=NC[C@H]([C@@H](O)[C@H](C)O)CC2C(=O)N1. The molecule has 0 aromatic rings. The molecule has 0 saturated carbocycles. The van der Waals surface area contributed by atoms with Crippen LogP contribution in [0.5, 0.6) is 0 Å². The van der Waals surface area contributed by atoms with Gasteiger partial charge in [-0.15, -0.1) is 0 Å². The van der Waals surface area contributed by atoms with Crippen molar-refractivity contribution in [2.45, 2.75) is 71.1 Å². The second-order valence-electron chi connectivity index (χ2n) is 8.44. The van der Waals surface area contributed by atoms with Gasteiger partial charge in [0.05, 0.1) is 24.2 Å². The Morgan fingerprint density at radius 2 is 1.93 bits per heavy atom. The van der Waals surface area contributed by atoms with Crippen molar-refractivity contribution in [2.24, 2.45) is 27.7 Å². The van der Waals surface area contributed by atoms with Crippen LogP contribution >= 0.6 is 0 Å². The number of nitrogens with one attached hydrogen (secondary N) is 3. The molecule has 0 spiro atoms. The van der Waals surface area contributed by atoms with Crippen LogP contribution in [0.2, 0.25) is 0 Å². The molecule has 2 aliphatic heterocycles. The number of likely N-dealkylation sites (N-methyl/N-ethyl adjacent to an activating group) is 1. The number of guanidine groups is 1. The fourth-order valence-corrected chi connectivity index (χ4v) is 3.70. The summed E-state index contributed by atoms with van der Waals surface area (Å²) >= 11 is 0. The number of hydrogen-bond donors (Lipinski definition) is 5. The van der Waals surface area contributed by atoms with Gasteiger partial charge in [0.25, 0.3) is 0 Å². The van der Waals surface area contributed by atoms with Gasteiger partial charge >= 0.3 is 0 Å². The van der Waals surface area contributed by atoms with Crippen LogP contribution in [-0.4, -0.2) is 65.7 Å². The second-order valence-corrected chi connectivity index (χ2v) is 8.44. The van der Waals surface area contributed by atoms with Crippen molar-refractivity contribution in [1.82, 2.24) is 16.0 Å². The third-order valence-corrected chi connectivity index (χ3v) is 5.53. The number of unbranched alkanes of at least 4 members (excludes halogenated alkanes) is 1. The molecule has 0 saturated heterocycles. The van der Waals surface area contributed by atoms with E-state index in [-0.39, 0.29) is 36.3 Å². The number of carbonyl (C=O) groups excluding carboxylic acids is 2. The molecule has 0 radical (unpaired) electrons. The molecular formula is C20H35N5O4. The van der Waals surface area contributed by atoms with E-state index in [1.807, 2.05) is 0 Å². The number of aliphatic hydroxyl groups is 2. The molecule has 2 amide bonds. The van der Waals surface area contributed by atoms with Gasteiger partial charge in [-0.05, 0) is 32.7 Å². The lowest BCUT2D eigenvalue weighted by molar-refractivity contribution is -0.123. The van der Waals surface area contributed by atoms with Crippen LogP contribution in [0, 0.1) is 17.8 Å². The molecule has 9 heteroatoms. The summed E-state index contributed by atoms with van der Waals surface area (Å²) in [4.78, 5) is 33.7. The van der Waals surface area contributed by atoms with Gasteiger partial charge in [-0.25, -0.2) is 0 Å². The third kappa shape index (κ3) is 6.58. The highest BCUT2D eigenvalue weighted by Crippen LogP contribution is 2.26. The molecule has 9 nitrogen and oxygen atoms in total. The molecule has 5 N–H and O–H groups in total. The molecule has 5 atom stereocenters. The molecule has 2 aliphatic rings. The monoisotopic (exact) mass is 409 g/mol. The molecule has 0 aromatic heterocycles. The second kappa shape index (κ2) is 10.8. The molecule has 2 rings (SSSR count). The van der Waals surface area contributed by atoms with E-state index in [1.54, 1.807) is 7.05 Å². The van der Waals surface area contributed by atoms with Gasteiger partial charge in [-0.3, -0.25) is 25.2 Å². The topological polar surface area (TPSA) is 135 Å². The molecule has 2 unspecified atom stereocenters. The van der Waals surface area contributed by atoms with Gasteiger partial charge in [0.1, 0.15) is 5.84 Å². The van der Waals surface area contributed by atoms with Crippen molar-refractivity contribution in [3.05, 3.63) is 0 Å². The fourth-order valence-electron chi connectivity index (χ4n) is 3.70. The standard InChI is InChI=1S/C20H35N5O4/c1-11(2)7-5-6-8-15(21-4)19(29)25-20-23-17-14(18(28)24-20)9-13(10-22-17)16(27)12(3)26/h11-16,21,26-27H,5-10H2,1-4H3,(H2,22,23,24,25,28,29)/t12-,13+,14?,15?,16-/m0/s1. The predicted octanol–water partition coefficient (Wildman–Crippen LogP) is 0.169. The Morgan fingerprint density at radius 1 is 1.24 bits per heavy atom. The number of hydrogen-bond acceptors (Lipinski definition) is 7. The number of carbonyl (C=O) groups is 2. The minimum atomic E-state index is -0.940. The summed E-state index contributed by atoms with van der Waals surface area (Å²) < 4.78 is 0. The van der Waals surface area contributed by atoms with Crippen LogP contribution in [-0.2, 0) is 9.59 Å². The minimum Gasteiger partial charge on any atom is -0.391 e. The summed E-state index contributed by atoms with van der Waals surface area (Å²) in [6, 6.07) is -0.363. The lowest BCUT2D eigenvalue weighted by Gasteiger charge is -2.33. The van der Waals surface area contributed by atoms with Crippen molar-refractivity contribution in [3.8, 4) is 0 Å². The number of fused-ring (bicyclic) bond motifs is 1. The first kappa shape index (κ1) is 23.4. The van der Waals surface area contributed by atoms with Gasteiger partial charge in [-0.2, -0.15) is 4.99 Å². The third-order valence-electron chi connectivity index (χ3n) is 5.53. The highest BCUT2D eigenvalue weighted by atomic mass is 16.3. The molecule has 2 heterocycles. The maximum absolute atomic E-state index is 12.5. The van der Waals surface area contributed by atoms with E-state index in [9.17, 15) is 19.8 Å². The highest BCUT2D eigenvalue weighted by molar-refractivity contribution is 6.19. The quantitative estimate of drug-likeness (QED) is 0.346. The summed E-state index contributed by atoms with van der Waals surface area (Å²) in [5, 5.41) is 27.9. The first-order valence-electron chi connectivity index (χ1n) is 10.5. The number of amidine groups is 1. The number of aliphatic imine (C=N–C) groups is 2. The molecule has 0 fully saturated rings. The number of amides is 2. The smallest absolute Gasteiger partial charge is 0.243 e. The number of rotatable bonds is 9. The molecule has 29 heavy (non-hydrogen) atoms. The van der Waals surface area contributed by atoms with Crippen molar-refractivity contribution in [2.75, 3.05) is 13.6 Å². The van der Waals surface area contributed by atoms with E-state index in [4.69, 9.17) is 0 Å². The molecule has 0 aliphatic carbocycles. The summed E-state index contributed by atoms with van der Waals surface area (Å²) in [5.41, 5.74) is 0. The lowest BCUT2D eigenvalue weighted by Crippen LogP contribution is -2.56. The van der Waals surface area contributed by atoms with E-state index in [0.29, 0.717) is 24.6 Å². The van der Waals surface area contributed by atoms with Crippen molar-refractivity contribution >= 4 is 23.6 Å². The zero-order chi connectivity index (χ0) is 21.6. The van der Waals surface area contributed by atoms with Crippen LogP contribution in [0.1, 0.15) is 52.9 Å². The summed E-state index contributed by atoms with van der Waals surface area (Å²) in [6.45, 7) is 6.16. The average molecular weight is 410 g/mol. The Hall–Kier alpha value is -1.84. The Bertz CT molecular complexity index is 647. The first-order chi connectivity index (χ1) is 13.7. The maximum atomic E-state index is 12.5. The van der Waals surface area contributed by atoms with Gasteiger partial charge in [-0.1, -0.05) is 33.1 Å². The van der Waals surface area contributed by atoms with Crippen LogP contribution in [0.3, 0.4) is 0 Å². The minimum absolute atomic E-state index is 0.0898. The number of nitrogens with zero attached hydrogens (tertiary/aromatic N) is 2. The predicted molar refractivity (Wildman–Crippen MR) is 111 cm³/mol. The Balaban J connectivity index is 1.96. The Morgan fingerprint density at radius 3 is 2.55 bits per heavy atom.